The number of anilines is 1. The summed E-state index contributed by atoms with van der Waals surface area (Å²) in [6.45, 7) is 1.72. The van der Waals surface area contributed by atoms with Gasteiger partial charge in [-0.15, -0.1) is 0 Å². The maximum atomic E-state index is 13.2. The molecule has 0 aliphatic carbocycles. The van der Waals surface area contributed by atoms with Gasteiger partial charge in [0.05, 0.1) is 5.52 Å². The van der Waals surface area contributed by atoms with Gasteiger partial charge in [0.25, 0.3) is 0 Å². The summed E-state index contributed by atoms with van der Waals surface area (Å²) in [5.41, 5.74) is 2.80. The van der Waals surface area contributed by atoms with Gasteiger partial charge in [-0.25, -0.2) is 0 Å². The second kappa shape index (κ2) is 6.91. The van der Waals surface area contributed by atoms with E-state index in [4.69, 9.17) is 0 Å². The predicted molar refractivity (Wildman–Crippen MR) is 111 cm³/mol. The van der Waals surface area contributed by atoms with E-state index in [1.807, 2.05) is 30.5 Å². The van der Waals surface area contributed by atoms with Crippen LogP contribution in [0, 0.1) is 0 Å². The van der Waals surface area contributed by atoms with Crippen LogP contribution in [0.4, 0.5) is 5.69 Å². The van der Waals surface area contributed by atoms with Gasteiger partial charge in [0, 0.05) is 23.7 Å². The molecule has 0 saturated carbocycles. The minimum atomic E-state index is -0.477. The van der Waals surface area contributed by atoms with Crippen LogP contribution in [0.5, 0.6) is 0 Å². The molecule has 3 heterocycles. The fourth-order valence-corrected chi connectivity index (χ4v) is 4.76. The number of amides is 1. The van der Waals surface area contributed by atoms with Crippen LogP contribution < -0.4 is 15.5 Å². The Kier molecular flexibility index (Phi) is 4.24. The van der Waals surface area contributed by atoms with E-state index < -0.39 is 5.54 Å². The second-order valence-corrected chi connectivity index (χ2v) is 7.67. The molecule has 1 unspecified atom stereocenters. The molecule has 2 aliphatic heterocycles. The van der Waals surface area contributed by atoms with Gasteiger partial charge >= 0.3 is 0 Å². The summed E-state index contributed by atoms with van der Waals surface area (Å²) in [6, 6.07) is 20.7. The zero-order valence-corrected chi connectivity index (χ0v) is 15.8. The van der Waals surface area contributed by atoms with Crippen LogP contribution in [0.3, 0.4) is 0 Å². The third kappa shape index (κ3) is 2.74. The summed E-state index contributed by atoms with van der Waals surface area (Å²) >= 11 is 0. The van der Waals surface area contributed by atoms with Crippen molar-refractivity contribution in [3.63, 3.8) is 0 Å². The molecule has 0 radical (unpaired) electrons. The average molecular weight is 372 g/mol. The Hall–Kier alpha value is -2.92. The summed E-state index contributed by atoms with van der Waals surface area (Å²) < 4.78 is 0. The van der Waals surface area contributed by atoms with E-state index in [0.717, 1.165) is 54.5 Å². The van der Waals surface area contributed by atoms with Gasteiger partial charge in [-0.3, -0.25) is 9.78 Å². The van der Waals surface area contributed by atoms with Crippen molar-refractivity contribution in [3.8, 4) is 0 Å². The predicted octanol–water partition coefficient (Wildman–Crippen LogP) is 2.86. The van der Waals surface area contributed by atoms with Gasteiger partial charge in [-0.05, 0) is 49.7 Å². The summed E-state index contributed by atoms with van der Waals surface area (Å²) in [7, 11) is 0. The highest BCUT2D eigenvalue weighted by Crippen LogP contribution is 2.38. The number of nitrogens with one attached hydrogen (secondary N) is 2. The van der Waals surface area contributed by atoms with Crippen LogP contribution in [-0.4, -0.2) is 35.7 Å². The second-order valence-electron chi connectivity index (χ2n) is 7.67. The number of carbonyl (C=O) groups is 1. The molecule has 2 aromatic carbocycles. The summed E-state index contributed by atoms with van der Waals surface area (Å²) in [6.07, 6.45) is 4.11. The smallest absolute Gasteiger partial charge is 0.247 e. The maximum Gasteiger partial charge on any atom is 0.247 e. The Labute approximate surface area is 164 Å². The summed E-state index contributed by atoms with van der Waals surface area (Å²) in [4.78, 5) is 20.1. The first kappa shape index (κ1) is 17.2. The Morgan fingerprint density at radius 2 is 1.79 bits per heavy atom. The Balaban J connectivity index is 1.57. The molecule has 0 bridgehead atoms. The molecule has 28 heavy (non-hydrogen) atoms. The van der Waals surface area contributed by atoms with Crippen molar-refractivity contribution in [1.29, 1.82) is 0 Å². The van der Waals surface area contributed by atoms with Crippen molar-refractivity contribution < 1.29 is 4.79 Å². The van der Waals surface area contributed by atoms with Crippen molar-refractivity contribution in [2.75, 3.05) is 18.0 Å². The lowest BCUT2D eigenvalue weighted by atomic mass is 9.86. The van der Waals surface area contributed by atoms with Gasteiger partial charge in [-0.2, -0.15) is 0 Å². The molecule has 1 amide bonds. The molecule has 3 aromatic rings. The van der Waals surface area contributed by atoms with E-state index in [1.165, 1.54) is 0 Å². The van der Waals surface area contributed by atoms with Crippen LogP contribution in [0.2, 0.25) is 0 Å². The molecule has 1 spiro atoms. The molecular weight excluding hydrogens is 348 g/mol. The zero-order chi connectivity index (χ0) is 19.0. The first-order valence-electron chi connectivity index (χ1n) is 9.97. The largest absolute Gasteiger partial charge is 0.336 e. The molecule has 2 N–H and O–H groups in total. The number of pyridine rings is 1. The van der Waals surface area contributed by atoms with Crippen LogP contribution >= 0.6 is 0 Å². The fraction of sp³-hybridized carbons (Fsp3) is 0.304. The molecule has 2 fully saturated rings. The lowest BCUT2D eigenvalue weighted by molar-refractivity contribution is -0.124. The van der Waals surface area contributed by atoms with E-state index in [-0.39, 0.29) is 12.1 Å². The van der Waals surface area contributed by atoms with Gasteiger partial charge in [-0.1, -0.05) is 42.5 Å². The Bertz CT molecular complexity index is 992. The highest BCUT2D eigenvalue weighted by Gasteiger charge is 2.53. The normalized spacial score (nSPS) is 21.2. The zero-order valence-electron chi connectivity index (χ0n) is 15.8. The number of hydrogen-bond donors (Lipinski definition) is 2. The van der Waals surface area contributed by atoms with E-state index in [0.29, 0.717) is 0 Å². The molecule has 1 atom stereocenters. The number of hydrogen-bond acceptors (Lipinski definition) is 4. The average Bonchev–Trinajstić information content (AvgIpc) is 3.00. The van der Waals surface area contributed by atoms with Crippen molar-refractivity contribution in [1.82, 2.24) is 15.6 Å². The topological polar surface area (TPSA) is 57.3 Å². The fourth-order valence-electron chi connectivity index (χ4n) is 4.76. The highest BCUT2D eigenvalue weighted by molar-refractivity contribution is 5.94. The standard InChI is InChI=1S/C23H24N4O/c28-22-23(11-14-24-15-12-23)27(19-9-2-1-3-10-19)20(26-22)16-18-7-4-6-17-8-5-13-25-21(17)18/h1-10,13,20,24H,11-12,14-16H2,(H,26,28). The summed E-state index contributed by atoms with van der Waals surface area (Å²) in [5.74, 6) is 0.149. The molecule has 5 nitrogen and oxygen atoms in total. The molecular formula is C23H24N4O. The number of nitrogens with zero attached hydrogens (tertiary/aromatic N) is 2. The first-order valence-corrected chi connectivity index (χ1v) is 9.97. The molecule has 142 valence electrons. The van der Waals surface area contributed by atoms with Gasteiger partial charge in [0.15, 0.2) is 0 Å². The molecule has 1 aromatic heterocycles. The SMILES string of the molecule is O=C1NC(Cc2cccc3cccnc23)N(c2ccccc2)C12CCNCC2. The third-order valence-corrected chi connectivity index (χ3v) is 6.09. The minimum absolute atomic E-state index is 0.0828. The highest BCUT2D eigenvalue weighted by atomic mass is 16.2. The number of rotatable bonds is 3. The summed E-state index contributed by atoms with van der Waals surface area (Å²) in [5, 5.41) is 7.84. The number of benzene rings is 2. The minimum Gasteiger partial charge on any atom is -0.336 e. The van der Waals surface area contributed by atoms with Crippen LogP contribution in [-0.2, 0) is 11.2 Å². The number of para-hydroxylation sites is 2. The monoisotopic (exact) mass is 372 g/mol. The number of piperidine rings is 1. The molecule has 2 aliphatic rings. The molecule has 5 rings (SSSR count). The van der Waals surface area contributed by atoms with Gasteiger partial charge in [0.1, 0.15) is 11.7 Å². The van der Waals surface area contributed by atoms with E-state index in [9.17, 15) is 4.79 Å². The number of fused-ring (bicyclic) bond motifs is 1. The van der Waals surface area contributed by atoms with Crippen molar-refractivity contribution >= 4 is 22.5 Å². The third-order valence-electron chi connectivity index (χ3n) is 6.09. The molecule has 2 saturated heterocycles. The Morgan fingerprint density at radius 1 is 1.00 bits per heavy atom. The van der Waals surface area contributed by atoms with Gasteiger partial charge in [0.2, 0.25) is 5.91 Å². The first-order chi connectivity index (χ1) is 13.8. The Morgan fingerprint density at radius 3 is 2.61 bits per heavy atom. The van der Waals surface area contributed by atoms with E-state index >= 15 is 0 Å². The van der Waals surface area contributed by atoms with Crippen molar-refractivity contribution in [2.45, 2.75) is 31.0 Å². The maximum absolute atomic E-state index is 13.2. The van der Waals surface area contributed by atoms with E-state index in [1.54, 1.807) is 0 Å². The quantitative estimate of drug-likeness (QED) is 0.742. The number of carbonyl (C=O) groups excluding carboxylic acids is 1. The van der Waals surface area contributed by atoms with Crippen molar-refractivity contribution in [2.24, 2.45) is 0 Å². The van der Waals surface area contributed by atoms with E-state index in [2.05, 4.69) is 56.9 Å². The molecule has 5 heteroatoms. The van der Waals surface area contributed by atoms with Crippen LogP contribution in [0.25, 0.3) is 10.9 Å². The van der Waals surface area contributed by atoms with Gasteiger partial charge < -0.3 is 15.5 Å². The lowest BCUT2D eigenvalue weighted by Gasteiger charge is -2.42. The number of aromatic nitrogens is 1. The van der Waals surface area contributed by atoms with Crippen molar-refractivity contribution in [3.05, 3.63) is 72.4 Å². The van der Waals surface area contributed by atoms with Crippen LogP contribution in [0.1, 0.15) is 18.4 Å². The lowest BCUT2D eigenvalue weighted by Crippen LogP contribution is -2.57. The van der Waals surface area contributed by atoms with Crippen LogP contribution in [0.15, 0.2) is 66.9 Å².